The van der Waals surface area contributed by atoms with Crippen molar-refractivity contribution in [2.45, 2.75) is 25.0 Å². The molecule has 2 fully saturated rings. The number of benzene rings is 1. The quantitative estimate of drug-likeness (QED) is 0.850. The van der Waals surface area contributed by atoms with E-state index < -0.39 is 0 Å². The molecule has 0 aromatic heterocycles. The third-order valence-electron chi connectivity index (χ3n) is 4.46. The number of hydrogen-bond donors (Lipinski definition) is 2. The zero-order valence-corrected chi connectivity index (χ0v) is 13.0. The molecule has 0 saturated carbocycles. The molecule has 1 aromatic carbocycles. The van der Waals surface area contributed by atoms with Crippen molar-refractivity contribution < 1.29 is 9.53 Å². The largest absolute Gasteiger partial charge is 0.366 e. The van der Waals surface area contributed by atoms with Crippen molar-refractivity contribution in [3.63, 3.8) is 0 Å². The Balaban J connectivity index is 1.61. The highest BCUT2D eigenvalue weighted by molar-refractivity contribution is 5.81. The first-order chi connectivity index (χ1) is 10.8. The van der Waals surface area contributed by atoms with Crippen molar-refractivity contribution in [1.82, 2.24) is 15.5 Å². The predicted molar refractivity (Wildman–Crippen MR) is 85.6 cm³/mol. The summed E-state index contributed by atoms with van der Waals surface area (Å²) in [5.41, 5.74) is 1.27. The minimum Gasteiger partial charge on any atom is -0.366 e. The molecule has 2 unspecified atom stereocenters. The van der Waals surface area contributed by atoms with Gasteiger partial charge in [0.25, 0.3) is 5.91 Å². The molecular formula is C17H25N3O2. The van der Waals surface area contributed by atoms with E-state index in [0.717, 1.165) is 19.6 Å². The average Bonchev–Trinajstić information content (AvgIpc) is 3.11. The smallest absolute Gasteiger partial charge is 0.250 e. The van der Waals surface area contributed by atoms with E-state index in [1.165, 1.54) is 18.4 Å². The summed E-state index contributed by atoms with van der Waals surface area (Å²) >= 11 is 0. The van der Waals surface area contributed by atoms with E-state index in [1.807, 2.05) is 6.07 Å². The van der Waals surface area contributed by atoms with Gasteiger partial charge in [0.1, 0.15) is 6.10 Å². The third kappa shape index (κ3) is 3.85. The average molecular weight is 303 g/mol. The van der Waals surface area contributed by atoms with Gasteiger partial charge >= 0.3 is 0 Å². The zero-order valence-electron chi connectivity index (χ0n) is 13.0. The van der Waals surface area contributed by atoms with Gasteiger partial charge in [0, 0.05) is 19.6 Å². The molecule has 2 N–H and O–H groups in total. The van der Waals surface area contributed by atoms with Crippen LogP contribution in [0, 0.1) is 0 Å². The fraction of sp³-hybridized carbons (Fsp3) is 0.588. The lowest BCUT2D eigenvalue weighted by Crippen LogP contribution is -2.49. The standard InChI is InChI=1S/C17H25N3O2/c21-17(16-13-18-8-11-22-16)19-12-15(20-9-4-5-10-20)14-6-2-1-3-7-14/h1-3,6-7,15-16,18H,4-5,8-13H2,(H,19,21). The molecule has 120 valence electrons. The molecule has 2 aliphatic heterocycles. The lowest BCUT2D eigenvalue weighted by molar-refractivity contribution is -0.134. The summed E-state index contributed by atoms with van der Waals surface area (Å²) in [5, 5.41) is 6.28. The Morgan fingerprint density at radius 2 is 2.09 bits per heavy atom. The summed E-state index contributed by atoms with van der Waals surface area (Å²) in [5.74, 6) is -0.00710. The minimum absolute atomic E-state index is 0.00710. The van der Waals surface area contributed by atoms with E-state index in [4.69, 9.17) is 4.74 Å². The first-order valence-electron chi connectivity index (χ1n) is 8.23. The predicted octanol–water partition coefficient (Wildman–Crippen LogP) is 0.928. The van der Waals surface area contributed by atoms with Crippen LogP contribution >= 0.6 is 0 Å². The maximum absolute atomic E-state index is 12.3. The molecule has 5 heteroatoms. The number of carbonyl (C=O) groups excluding carboxylic acids is 1. The molecule has 0 aliphatic carbocycles. The molecule has 2 saturated heterocycles. The van der Waals surface area contributed by atoms with E-state index in [2.05, 4.69) is 39.8 Å². The molecular weight excluding hydrogens is 278 g/mol. The second-order valence-electron chi connectivity index (χ2n) is 5.98. The van der Waals surface area contributed by atoms with E-state index in [1.54, 1.807) is 0 Å². The topological polar surface area (TPSA) is 53.6 Å². The van der Waals surface area contributed by atoms with Crippen molar-refractivity contribution in [2.75, 3.05) is 39.3 Å². The molecule has 1 aromatic rings. The number of carbonyl (C=O) groups is 1. The van der Waals surface area contributed by atoms with Crippen LogP contribution < -0.4 is 10.6 Å². The van der Waals surface area contributed by atoms with Crippen molar-refractivity contribution in [2.24, 2.45) is 0 Å². The zero-order chi connectivity index (χ0) is 15.2. The molecule has 1 amide bonds. The summed E-state index contributed by atoms with van der Waals surface area (Å²) in [6.45, 7) is 4.89. The first kappa shape index (κ1) is 15.5. The first-order valence-corrected chi connectivity index (χ1v) is 8.23. The van der Waals surface area contributed by atoms with Gasteiger partial charge < -0.3 is 15.4 Å². The van der Waals surface area contributed by atoms with Crippen LogP contribution in [-0.2, 0) is 9.53 Å². The molecule has 22 heavy (non-hydrogen) atoms. The lowest BCUT2D eigenvalue weighted by atomic mass is 10.1. The summed E-state index contributed by atoms with van der Waals surface area (Å²) in [6, 6.07) is 10.7. The Kier molecular flexibility index (Phi) is 5.43. The Hall–Kier alpha value is -1.43. The summed E-state index contributed by atoms with van der Waals surface area (Å²) in [6.07, 6.45) is 2.13. The summed E-state index contributed by atoms with van der Waals surface area (Å²) in [4.78, 5) is 14.7. The highest BCUT2D eigenvalue weighted by atomic mass is 16.5. The SMILES string of the molecule is O=C(NCC(c1ccccc1)N1CCCC1)C1CNCCO1. The van der Waals surface area contributed by atoms with Crippen molar-refractivity contribution in [3.05, 3.63) is 35.9 Å². The van der Waals surface area contributed by atoms with Crippen LogP contribution in [0.4, 0.5) is 0 Å². The fourth-order valence-corrected chi connectivity index (χ4v) is 3.23. The van der Waals surface area contributed by atoms with Crippen molar-refractivity contribution in [1.29, 1.82) is 0 Å². The molecule has 0 spiro atoms. The number of nitrogens with one attached hydrogen (secondary N) is 2. The van der Waals surface area contributed by atoms with Gasteiger partial charge in [-0.05, 0) is 31.5 Å². The van der Waals surface area contributed by atoms with Gasteiger partial charge in [-0.1, -0.05) is 30.3 Å². The van der Waals surface area contributed by atoms with Crippen LogP contribution in [0.15, 0.2) is 30.3 Å². The second-order valence-corrected chi connectivity index (χ2v) is 5.98. The van der Waals surface area contributed by atoms with Gasteiger partial charge in [0.05, 0.1) is 12.6 Å². The maximum Gasteiger partial charge on any atom is 0.250 e. The number of nitrogens with zero attached hydrogens (tertiary/aromatic N) is 1. The van der Waals surface area contributed by atoms with Gasteiger partial charge in [-0.15, -0.1) is 0 Å². The highest BCUT2D eigenvalue weighted by Gasteiger charge is 2.26. The van der Waals surface area contributed by atoms with Crippen LogP contribution in [0.3, 0.4) is 0 Å². The Labute approximate surface area is 132 Å². The monoisotopic (exact) mass is 303 g/mol. The molecule has 0 bridgehead atoms. The van der Waals surface area contributed by atoms with Gasteiger partial charge in [-0.3, -0.25) is 9.69 Å². The van der Waals surface area contributed by atoms with E-state index >= 15 is 0 Å². The van der Waals surface area contributed by atoms with E-state index in [9.17, 15) is 4.79 Å². The Bertz CT molecular complexity index is 468. The minimum atomic E-state index is -0.358. The van der Waals surface area contributed by atoms with E-state index in [0.29, 0.717) is 19.7 Å². The molecule has 2 aliphatic rings. The Morgan fingerprint density at radius 1 is 1.32 bits per heavy atom. The van der Waals surface area contributed by atoms with Crippen molar-refractivity contribution in [3.8, 4) is 0 Å². The van der Waals surface area contributed by atoms with Gasteiger partial charge in [-0.25, -0.2) is 0 Å². The number of likely N-dealkylation sites (tertiary alicyclic amines) is 1. The van der Waals surface area contributed by atoms with Gasteiger partial charge in [-0.2, -0.15) is 0 Å². The third-order valence-corrected chi connectivity index (χ3v) is 4.46. The molecule has 5 nitrogen and oxygen atoms in total. The van der Waals surface area contributed by atoms with Crippen LogP contribution in [0.2, 0.25) is 0 Å². The molecule has 0 radical (unpaired) electrons. The Morgan fingerprint density at radius 3 is 2.77 bits per heavy atom. The number of morpholine rings is 1. The van der Waals surface area contributed by atoms with Crippen molar-refractivity contribution >= 4 is 5.91 Å². The molecule has 2 heterocycles. The van der Waals surface area contributed by atoms with Crippen LogP contribution in [0.25, 0.3) is 0 Å². The molecule has 2 atom stereocenters. The van der Waals surface area contributed by atoms with Gasteiger partial charge in [0.2, 0.25) is 0 Å². The second kappa shape index (κ2) is 7.72. The number of hydrogen-bond acceptors (Lipinski definition) is 4. The van der Waals surface area contributed by atoms with E-state index in [-0.39, 0.29) is 18.1 Å². The molecule has 3 rings (SSSR count). The van der Waals surface area contributed by atoms with Crippen LogP contribution in [0.5, 0.6) is 0 Å². The van der Waals surface area contributed by atoms with Crippen LogP contribution in [0.1, 0.15) is 24.4 Å². The van der Waals surface area contributed by atoms with Crippen LogP contribution in [-0.4, -0.2) is 56.2 Å². The normalized spacial score (nSPS) is 24.1. The lowest BCUT2D eigenvalue weighted by Gasteiger charge is -2.29. The number of rotatable bonds is 5. The number of ether oxygens (including phenoxy) is 1. The fourth-order valence-electron chi connectivity index (χ4n) is 3.23. The highest BCUT2D eigenvalue weighted by Crippen LogP contribution is 2.24. The number of amides is 1. The maximum atomic E-state index is 12.3. The van der Waals surface area contributed by atoms with Gasteiger partial charge in [0.15, 0.2) is 0 Å². The summed E-state index contributed by atoms with van der Waals surface area (Å²) in [7, 11) is 0. The summed E-state index contributed by atoms with van der Waals surface area (Å²) < 4.78 is 5.52.